The maximum atomic E-state index is 14.0. The molecule has 2 fully saturated rings. The second-order valence-electron chi connectivity index (χ2n) is 16.6. The van der Waals surface area contributed by atoms with Gasteiger partial charge in [0.15, 0.2) is 0 Å². The van der Waals surface area contributed by atoms with Crippen LogP contribution < -0.4 is 10.9 Å². The summed E-state index contributed by atoms with van der Waals surface area (Å²) >= 11 is 0. The summed E-state index contributed by atoms with van der Waals surface area (Å²) in [6.07, 6.45) is 2.50. The molecule has 0 saturated carbocycles. The Morgan fingerprint density at radius 3 is 2.26 bits per heavy atom. The number of aromatic nitrogens is 2. The lowest BCUT2D eigenvalue weighted by Crippen LogP contribution is -2.41. The minimum absolute atomic E-state index is 0.0538. The molecule has 0 radical (unpaired) electrons. The van der Waals surface area contributed by atoms with E-state index in [4.69, 9.17) is 9.72 Å². The van der Waals surface area contributed by atoms with Gasteiger partial charge in [-0.1, -0.05) is 91.0 Å². The lowest BCUT2D eigenvalue weighted by molar-refractivity contribution is -0.164. The zero-order valence-corrected chi connectivity index (χ0v) is 34.7. The summed E-state index contributed by atoms with van der Waals surface area (Å²) in [6.45, 7) is 5.00. The molecule has 320 valence electrons. The molecule has 2 saturated heterocycles. The van der Waals surface area contributed by atoms with Crippen LogP contribution in [0.4, 0.5) is 0 Å². The first-order valence-corrected chi connectivity index (χ1v) is 21.5. The molecule has 0 aliphatic carbocycles. The van der Waals surface area contributed by atoms with E-state index in [0.29, 0.717) is 70.1 Å². The minimum atomic E-state index is -2.07. The molecule has 2 atom stereocenters. The number of hydrogen-bond donors (Lipinski definition) is 5. The molecule has 5 N–H and O–H groups in total. The summed E-state index contributed by atoms with van der Waals surface area (Å²) in [5, 5.41) is 37.5. The van der Waals surface area contributed by atoms with Crippen LogP contribution in [-0.4, -0.2) is 92.8 Å². The van der Waals surface area contributed by atoms with E-state index in [1.165, 1.54) is 17.7 Å². The van der Waals surface area contributed by atoms with Crippen molar-refractivity contribution in [2.75, 3.05) is 45.9 Å². The van der Waals surface area contributed by atoms with E-state index in [-0.39, 0.29) is 36.3 Å². The second-order valence-corrected chi connectivity index (χ2v) is 16.6. The summed E-state index contributed by atoms with van der Waals surface area (Å²) in [5.74, 6) is -0.463. The summed E-state index contributed by atoms with van der Waals surface area (Å²) in [4.78, 5) is 51.2. The summed E-state index contributed by atoms with van der Waals surface area (Å²) in [7, 11) is 0. The summed E-state index contributed by atoms with van der Waals surface area (Å²) in [5.41, 5.74) is 2.01. The van der Waals surface area contributed by atoms with Gasteiger partial charge >= 0.3 is 5.97 Å². The van der Waals surface area contributed by atoms with Gasteiger partial charge in [-0.25, -0.2) is 9.78 Å². The van der Waals surface area contributed by atoms with Crippen LogP contribution in [0.2, 0.25) is 0 Å². The Morgan fingerprint density at radius 1 is 0.806 bits per heavy atom. The zero-order chi connectivity index (χ0) is 43.1. The predicted molar refractivity (Wildman–Crippen MR) is 237 cm³/mol. The van der Waals surface area contributed by atoms with Gasteiger partial charge in [0.25, 0.3) is 5.91 Å². The average molecular weight is 836 g/mol. The molecule has 4 heterocycles. The van der Waals surface area contributed by atoms with Gasteiger partial charge in [0, 0.05) is 48.8 Å². The number of esters is 1. The highest BCUT2D eigenvalue weighted by Crippen LogP contribution is 2.35. The lowest BCUT2D eigenvalue weighted by atomic mass is 9.85. The SMILES string of the molecule is O=C(c1cccc(-c2cccc(C(O)(C(=O)OCC3CCN(Cc4ccccc4)CC3)c3ccccc3)c2)n1)N1CCC(CNC[C@H](O)c2ccc(O)c3[nH]c(=O)ccc23)CC1. The number of carbonyl (C=O) groups is 2. The van der Waals surface area contributed by atoms with Crippen molar-refractivity contribution in [1.29, 1.82) is 0 Å². The number of aromatic amines is 1. The van der Waals surface area contributed by atoms with Gasteiger partial charge in [-0.3, -0.25) is 14.5 Å². The van der Waals surface area contributed by atoms with Crippen LogP contribution in [0, 0.1) is 11.8 Å². The Labute approximate surface area is 360 Å². The molecule has 12 heteroatoms. The fraction of sp³-hybridized carbons (Fsp3) is 0.320. The van der Waals surface area contributed by atoms with Gasteiger partial charge in [0.1, 0.15) is 11.4 Å². The number of phenolic OH excluding ortho intramolecular Hbond substituents is 1. The van der Waals surface area contributed by atoms with Crippen molar-refractivity contribution in [3.8, 4) is 17.0 Å². The second kappa shape index (κ2) is 19.3. The van der Waals surface area contributed by atoms with Crippen LogP contribution in [-0.2, 0) is 21.7 Å². The van der Waals surface area contributed by atoms with Crippen LogP contribution in [0.5, 0.6) is 5.75 Å². The minimum Gasteiger partial charge on any atom is -0.506 e. The third kappa shape index (κ3) is 9.64. The Bertz CT molecular complexity index is 2540. The van der Waals surface area contributed by atoms with E-state index < -0.39 is 17.7 Å². The monoisotopic (exact) mass is 835 g/mol. The molecular weight excluding hydrogens is 783 g/mol. The van der Waals surface area contributed by atoms with Crippen LogP contribution in [0.25, 0.3) is 22.2 Å². The topological polar surface area (TPSA) is 168 Å². The van der Waals surface area contributed by atoms with Gasteiger partial charge in [-0.05, 0) is 104 Å². The molecule has 12 nitrogen and oxygen atoms in total. The van der Waals surface area contributed by atoms with E-state index in [0.717, 1.165) is 45.3 Å². The van der Waals surface area contributed by atoms with Gasteiger partial charge < -0.3 is 35.3 Å². The van der Waals surface area contributed by atoms with Crippen molar-refractivity contribution in [3.05, 3.63) is 166 Å². The number of nitrogens with zero attached hydrogens (tertiary/aromatic N) is 3. The van der Waals surface area contributed by atoms with E-state index in [2.05, 4.69) is 39.5 Å². The number of aliphatic hydroxyl groups is 2. The predicted octanol–water partition coefficient (Wildman–Crippen LogP) is 6.16. The lowest BCUT2D eigenvalue weighted by Gasteiger charge is -2.33. The van der Waals surface area contributed by atoms with Crippen LogP contribution >= 0.6 is 0 Å². The first-order valence-electron chi connectivity index (χ1n) is 21.5. The van der Waals surface area contributed by atoms with E-state index >= 15 is 0 Å². The highest BCUT2D eigenvalue weighted by atomic mass is 16.5. The molecule has 8 rings (SSSR count). The Hall–Kier alpha value is -6.18. The number of pyridine rings is 2. The fourth-order valence-electron chi connectivity index (χ4n) is 8.74. The number of H-pyrrole nitrogens is 1. The number of carbonyl (C=O) groups excluding carboxylic acids is 2. The molecule has 6 aromatic rings. The third-order valence-corrected chi connectivity index (χ3v) is 12.4. The molecule has 1 amide bonds. The number of aliphatic hydroxyl groups excluding tert-OH is 1. The Morgan fingerprint density at radius 2 is 1.50 bits per heavy atom. The summed E-state index contributed by atoms with van der Waals surface area (Å²) < 4.78 is 5.95. The van der Waals surface area contributed by atoms with Crippen molar-refractivity contribution in [3.63, 3.8) is 0 Å². The molecule has 0 spiro atoms. The zero-order valence-electron chi connectivity index (χ0n) is 34.7. The van der Waals surface area contributed by atoms with E-state index in [1.807, 2.05) is 29.2 Å². The Balaban J connectivity index is 0.875. The van der Waals surface area contributed by atoms with Gasteiger partial charge in [-0.15, -0.1) is 0 Å². The van der Waals surface area contributed by atoms with Gasteiger partial charge in [-0.2, -0.15) is 0 Å². The standard InChI is InChI=1S/C50H53N5O7/c56-44-19-17-40(41-18-20-46(58)53-47(41)44)45(57)31-51-30-34-23-27-55(28-24-34)48(59)43-16-8-15-42(52-43)37-11-7-14-39(29-37)50(61,38-12-5-2-6-13-38)49(60)62-33-36-21-25-54(26-22-36)32-35-9-3-1-4-10-35/h1-20,29,34,36,45,51,56-57,61H,21-28,30-33H2,(H,53,58)/t45-,50?/m0/s1. The number of likely N-dealkylation sites (tertiary alicyclic amines) is 2. The number of rotatable bonds is 14. The molecule has 0 bridgehead atoms. The smallest absolute Gasteiger partial charge is 0.347 e. The number of amides is 1. The maximum Gasteiger partial charge on any atom is 0.347 e. The van der Waals surface area contributed by atoms with Gasteiger partial charge in [0.2, 0.25) is 11.2 Å². The number of hydrogen-bond acceptors (Lipinski definition) is 10. The average Bonchev–Trinajstić information content (AvgIpc) is 3.32. The van der Waals surface area contributed by atoms with Crippen molar-refractivity contribution < 1.29 is 29.6 Å². The molecule has 4 aromatic carbocycles. The van der Waals surface area contributed by atoms with Crippen molar-refractivity contribution in [2.45, 2.75) is 43.9 Å². The molecular formula is C50H53N5O7. The first kappa shape index (κ1) is 42.5. The number of aromatic hydroxyl groups is 1. The van der Waals surface area contributed by atoms with Crippen LogP contribution in [0.15, 0.2) is 132 Å². The van der Waals surface area contributed by atoms with Crippen LogP contribution in [0.1, 0.15) is 64.5 Å². The molecule has 2 aromatic heterocycles. The van der Waals surface area contributed by atoms with Crippen molar-refractivity contribution in [2.24, 2.45) is 11.8 Å². The Kier molecular flexibility index (Phi) is 13.2. The van der Waals surface area contributed by atoms with E-state index in [9.17, 15) is 29.7 Å². The molecule has 62 heavy (non-hydrogen) atoms. The number of fused-ring (bicyclic) bond motifs is 1. The van der Waals surface area contributed by atoms with Gasteiger partial charge in [0.05, 0.1) is 23.9 Å². The van der Waals surface area contributed by atoms with Crippen molar-refractivity contribution >= 4 is 22.8 Å². The summed E-state index contributed by atoms with van der Waals surface area (Å²) in [6, 6.07) is 37.7. The number of ether oxygens (including phenoxy) is 1. The third-order valence-electron chi connectivity index (χ3n) is 12.4. The first-order chi connectivity index (χ1) is 30.2. The molecule has 2 aliphatic heterocycles. The molecule has 1 unspecified atom stereocenters. The number of phenols is 1. The fourth-order valence-corrected chi connectivity index (χ4v) is 8.74. The highest BCUT2D eigenvalue weighted by molar-refractivity contribution is 5.93. The number of nitrogens with one attached hydrogen (secondary N) is 2. The van der Waals surface area contributed by atoms with Crippen molar-refractivity contribution in [1.82, 2.24) is 25.1 Å². The largest absolute Gasteiger partial charge is 0.506 e. The number of piperidine rings is 2. The quantitative estimate of drug-likeness (QED) is 0.0802. The normalized spacial score (nSPS) is 16.8. The van der Waals surface area contributed by atoms with E-state index in [1.54, 1.807) is 66.7 Å². The number of benzene rings is 4. The molecule has 2 aliphatic rings. The van der Waals surface area contributed by atoms with Crippen LogP contribution in [0.3, 0.4) is 0 Å². The maximum absolute atomic E-state index is 14.0. The highest BCUT2D eigenvalue weighted by Gasteiger charge is 2.42.